The summed E-state index contributed by atoms with van der Waals surface area (Å²) < 4.78 is 57.9. The Labute approximate surface area is 228 Å². The van der Waals surface area contributed by atoms with E-state index in [0.29, 0.717) is 44.8 Å². The first kappa shape index (κ1) is 27.7. The summed E-state index contributed by atoms with van der Waals surface area (Å²) in [6.07, 6.45) is 0.843. The normalized spacial score (nSPS) is 15.7. The van der Waals surface area contributed by atoms with Crippen molar-refractivity contribution in [1.29, 1.82) is 0 Å². The maximum atomic E-state index is 13.8. The number of sulfonamides is 1. The molecule has 9 nitrogen and oxygen atoms in total. The number of likely N-dealkylation sites (N-methyl/N-ethyl adjacent to an activating group) is 1. The zero-order valence-corrected chi connectivity index (χ0v) is 23.5. The molecule has 0 spiro atoms. The molecule has 1 aliphatic rings. The molecule has 0 bridgehead atoms. The second kappa shape index (κ2) is 11.6. The van der Waals surface area contributed by atoms with Crippen molar-refractivity contribution in [3.63, 3.8) is 0 Å². The monoisotopic (exact) mass is 562 g/mol. The van der Waals surface area contributed by atoms with Crippen LogP contribution in [0.5, 0.6) is 28.7 Å². The number of ether oxygens (including phenoxy) is 5. The first-order chi connectivity index (χ1) is 18.2. The average molecular weight is 563 g/mol. The van der Waals surface area contributed by atoms with Crippen LogP contribution in [0.25, 0.3) is 11.1 Å². The smallest absolute Gasteiger partial charge is 0.262 e. The Morgan fingerprint density at radius 1 is 0.842 bits per heavy atom. The molecule has 0 saturated carbocycles. The molecule has 0 aromatic heterocycles. The van der Waals surface area contributed by atoms with Gasteiger partial charge in [0.1, 0.15) is 11.9 Å². The fourth-order valence-corrected chi connectivity index (χ4v) is 5.79. The summed E-state index contributed by atoms with van der Waals surface area (Å²) in [6.45, 7) is 1.69. The van der Waals surface area contributed by atoms with Gasteiger partial charge in [-0.1, -0.05) is 17.7 Å². The molecule has 38 heavy (non-hydrogen) atoms. The van der Waals surface area contributed by atoms with Gasteiger partial charge in [-0.05, 0) is 49.4 Å². The first-order valence-electron chi connectivity index (χ1n) is 11.8. The highest BCUT2D eigenvalue weighted by atomic mass is 35.5. The summed E-state index contributed by atoms with van der Waals surface area (Å²) in [4.78, 5) is 2.15. The molecule has 1 atom stereocenters. The largest absolute Gasteiger partial charge is 0.493 e. The molecule has 11 heteroatoms. The zero-order valence-electron chi connectivity index (χ0n) is 21.9. The maximum absolute atomic E-state index is 13.8. The molecular formula is C27H31ClN2O7S. The summed E-state index contributed by atoms with van der Waals surface area (Å²) in [5.74, 6) is 2.02. The zero-order chi connectivity index (χ0) is 27.4. The van der Waals surface area contributed by atoms with Crippen molar-refractivity contribution in [2.75, 3.05) is 53.3 Å². The molecule has 4 rings (SSSR count). The van der Waals surface area contributed by atoms with Gasteiger partial charge in [-0.2, -0.15) is 0 Å². The van der Waals surface area contributed by atoms with E-state index in [4.69, 9.17) is 35.3 Å². The molecular weight excluding hydrogens is 532 g/mol. The van der Waals surface area contributed by atoms with E-state index in [-0.39, 0.29) is 16.7 Å². The Bertz CT molecular complexity index is 1410. The molecule has 0 radical (unpaired) electrons. The molecule has 204 valence electrons. The van der Waals surface area contributed by atoms with Crippen molar-refractivity contribution >= 4 is 27.3 Å². The number of nitrogens with zero attached hydrogens (tertiary/aromatic N) is 1. The highest BCUT2D eigenvalue weighted by Gasteiger charge is 2.26. The highest BCUT2D eigenvalue weighted by Crippen LogP contribution is 2.41. The van der Waals surface area contributed by atoms with E-state index in [1.54, 1.807) is 42.5 Å². The topological polar surface area (TPSA) is 95.6 Å². The summed E-state index contributed by atoms with van der Waals surface area (Å²) in [7, 11) is 3.88. The van der Waals surface area contributed by atoms with Crippen LogP contribution < -0.4 is 28.4 Å². The van der Waals surface area contributed by atoms with Crippen LogP contribution in [-0.2, 0) is 10.0 Å². The molecule has 3 aromatic carbocycles. The van der Waals surface area contributed by atoms with Gasteiger partial charge in [0.15, 0.2) is 23.0 Å². The summed E-state index contributed by atoms with van der Waals surface area (Å²) >= 11 is 6.36. The van der Waals surface area contributed by atoms with Crippen LogP contribution in [0.4, 0.5) is 5.69 Å². The number of hydrogen-bond donors (Lipinski definition) is 1. The van der Waals surface area contributed by atoms with E-state index in [9.17, 15) is 8.42 Å². The second-order valence-corrected chi connectivity index (χ2v) is 10.9. The Morgan fingerprint density at radius 3 is 2.13 bits per heavy atom. The molecule has 0 aliphatic carbocycles. The van der Waals surface area contributed by atoms with Crippen LogP contribution in [0.3, 0.4) is 0 Å². The molecule has 1 fully saturated rings. The van der Waals surface area contributed by atoms with Crippen LogP contribution in [-0.4, -0.2) is 68.0 Å². The molecule has 1 N–H and O–H groups in total. The quantitative estimate of drug-likeness (QED) is 0.372. The van der Waals surface area contributed by atoms with Gasteiger partial charge in [-0.3, -0.25) is 4.72 Å². The lowest BCUT2D eigenvalue weighted by atomic mass is 10.0. The van der Waals surface area contributed by atoms with Gasteiger partial charge in [0.25, 0.3) is 10.0 Å². The standard InChI is InChI=1S/C27H31ClN2O7S/c1-30-11-10-19(16-30)37-23-13-18(7-8-21(23)28)29-38(31,32)27-15-26(36-5)25(35-4)14-20(27)17-6-9-22(33-2)24(12-17)34-3/h6-9,12-15,19,29H,10-11,16H2,1-5H3/t19-/m1/s1. The van der Waals surface area contributed by atoms with Crippen molar-refractivity contribution < 1.29 is 32.1 Å². The number of rotatable bonds is 10. The summed E-state index contributed by atoms with van der Waals surface area (Å²) in [5, 5.41) is 0.402. The summed E-state index contributed by atoms with van der Waals surface area (Å²) in [5.41, 5.74) is 1.27. The Hall–Kier alpha value is -3.34. The lowest BCUT2D eigenvalue weighted by molar-refractivity contribution is 0.208. The Morgan fingerprint density at radius 2 is 1.50 bits per heavy atom. The van der Waals surface area contributed by atoms with Crippen molar-refractivity contribution in [3.05, 3.63) is 53.6 Å². The molecule has 0 unspecified atom stereocenters. The molecule has 3 aromatic rings. The second-order valence-electron chi connectivity index (χ2n) is 8.81. The van der Waals surface area contributed by atoms with Crippen LogP contribution in [0.2, 0.25) is 5.02 Å². The van der Waals surface area contributed by atoms with Gasteiger partial charge in [0.2, 0.25) is 0 Å². The average Bonchev–Trinajstić information content (AvgIpc) is 3.33. The Kier molecular flexibility index (Phi) is 8.44. The van der Waals surface area contributed by atoms with E-state index in [0.717, 1.165) is 19.5 Å². The van der Waals surface area contributed by atoms with E-state index >= 15 is 0 Å². The minimum atomic E-state index is -4.12. The first-order valence-corrected chi connectivity index (χ1v) is 13.7. The number of anilines is 1. The van der Waals surface area contributed by atoms with E-state index in [1.807, 2.05) is 7.05 Å². The fourth-order valence-electron chi connectivity index (χ4n) is 4.35. The predicted octanol–water partition coefficient (Wildman–Crippen LogP) is 4.93. The van der Waals surface area contributed by atoms with E-state index in [2.05, 4.69) is 9.62 Å². The van der Waals surface area contributed by atoms with E-state index in [1.165, 1.54) is 34.5 Å². The van der Waals surface area contributed by atoms with Gasteiger partial charge in [-0.15, -0.1) is 0 Å². The third-order valence-corrected chi connectivity index (χ3v) is 8.03. The number of hydrogen-bond acceptors (Lipinski definition) is 8. The van der Waals surface area contributed by atoms with Gasteiger partial charge < -0.3 is 28.6 Å². The van der Waals surface area contributed by atoms with Crippen molar-refractivity contribution in [1.82, 2.24) is 4.90 Å². The SMILES string of the molecule is COc1ccc(-c2cc(OC)c(OC)cc2S(=O)(=O)Nc2ccc(Cl)c(O[C@@H]3CCN(C)C3)c2)cc1OC. The number of halogens is 1. The van der Waals surface area contributed by atoms with Crippen LogP contribution in [0, 0.1) is 0 Å². The van der Waals surface area contributed by atoms with Crippen LogP contribution in [0.1, 0.15) is 6.42 Å². The number of nitrogens with one attached hydrogen (secondary N) is 1. The number of benzene rings is 3. The lowest BCUT2D eigenvalue weighted by Gasteiger charge is -2.19. The summed E-state index contributed by atoms with van der Waals surface area (Å²) in [6, 6.07) is 13.0. The number of methoxy groups -OCH3 is 4. The molecule has 1 saturated heterocycles. The molecule has 1 aliphatic heterocycles. The lowest BCUT2D eigenvalue weighted by Crippen LogP contribution is -2.21. The van der Waals surface area contributed by atoms with Crippen LogP contribution >= 0.6 is 11.6 Å². The molecule has 1 heterocycles. The fraction of sp³-hybridized carbons (Fsp3) is 0.333. The van der Waals surface area contributed by atoms with Crippen molar-refractivity contribution in [2.45, 2.75) is 17.4 Å². The third kappa shape index (κ3) is 5.87. The predicted molar refractivity (Wildman–Crippen MR) is 147 cm³/mol. The van der Waals surface area contributed by atoms with Crippen LogP contribution in [0.15, 0.2) is 53.4 Å². The maximum Gasteiger partial charge on any atom is 0.262 e. The van der Waals surface area contributed by atoms with Crippen molar-refractivity contribution in [3.8, 4) is 39.9 Å². The van der Waals surface area contributed by atoms with Gasteiger partial charge in [0, 0.05) is 30.8 Å². The Balaban J connectivity index is 1.75. The highest BCUT2D eigenvalue weighted by molar-refractivity contribution is 7.92. The third-order valence-electron chi connectivity index (χ3n) is 6.29. The van der Waals surface area contributed by atoms with Crippen molar-refractivity contribution in [2.24, 2.45) is 0 Å². The van der Waals surface area contributed by atoms with E-state index < -0.39 is 10.0 Å². The minimum Gasteiger partial charge on any atom is -0.493 e. The van der Waals surface area contributed by atoms with Gasteiger partial charge in [0.05, 0.1) is 44.0 Å². The minimum absolute atomic E-state index is 0.0165. The number of likely N-dealkylation sites (tertiary alicyclic amines) is 1. The van der Waals surface area contributed by atoms with Gasteiger partial charge in [-0.25, -0.2) is 8.42 Å². The molecule has 0 amide bonds. The van der Waals surface area contributed by atoms with Gasteiger partial charge >= 0.3 is 0 Å².